The van der Waals surface area contributed by atoms with Gasteiger partial charge in [0.25, 0.3) is 11.8 Å². The van der Waals surface area contributed by atoms with E-state index in [1.807, 2.05) is 0 Å². The molecule has 1 aromatic heterocycles. The van der Waals surface area contributed by atoms with Crippen molar-refractivity contribution in [3.05, 3.63) is 57.8 Å². The van der Waals surface area contributed by atoms with Crippen LogP contribution in [0, 0.1) is 0 Å². The van der Waals surface area contributed by atoms with Gasteiger partial charge in [-0.25, -0.2) is 4.79 Å². The maximum Gasteiger partial charge on any atom is 0.338 e. The molecule has 0 atom stereocenters. The highest BCUT2D eigenvalue weighted by Gasteiger charge is 2.15. The number of aryl methyl sites for hydroxylation is 1. The summed E-state index contributed by atoms with van der Waals surface area (Å²) in [6.07, 6.45) is 1.67. The number of halogens is 2. The Labute approximate surface area is 141 Å². The highest BCUT2D eigenvalue weighted by atomic mass is 35.5. The SMILES string of the molecule is Cn1cccc1C(=O)NC(=O)COC(=O)c1ccc(Cl)c(Cl)c1. The monoisotopic (exact) mass is 354 g/mol. The smallest absolute Gasteiger partial charge is 0.338 e. The summed E-state index contributed by atoms with van der Waals surface area (Å²) in [6, 6.07) is 7.43. The van der Waals surface area contributed by atoms with E-state index in [1.165, 1.54) is 18.2 Å². The number of ether oxygens (including phenoxy) is 1. The van der Waals surface area contributed by atoms with Crippen molar-refractivity contribution < 1.29 is 19.1 Å². The summed E-state index contributed by atoms with van der Waals surface area (Å²) in [7, 11) is 1.67. The van der Waals surface area contributed by atoms with Crippen LogP contribution in [0.3, 0.4) is 0 Å². The summed E-state index contributed by atoms with van der Waals surface area (Å²) < 4.78 is 6.38. The molecule has 0 unspecified atom stereocenters. The van der Waals surface area contributed by atoms with Crippen LogP contribution in [0.15, 0.2) is 36.5 Å². The molecule has 0 radical (unpaired) electrons. The van der Waals surface area contributed by atoms with E-state index >= 15 is 0 Å². The number of benzene rings is 1. The molecule has 0 spiro atoms. The molecule has 23 heavy (non-hydrogen) atoms. The molecule has 2 aromatic rings. The summed E-state index contributed by atoms with van der Waals surface area (Å²) in [5, 5.41) is 2.63. The van der Waals surface area contributed by atoms with Crippen LogP contribution in [0.5, 0.6) is 0 Å². The first-order valence-electron chi connectivity index (χ1n) is 6.46. The van der Waals surface area contributed by atoms with Crippen LogP contribution in [-0.2, 0) is 16.6 Å². The van der Waals surface area contributed by atoms with Crippen molar-refractivity contribution in [1.29, 1.82) is 0 Å². The minimum Gasteiger partial charge on any atom is -0.452 e. The number of nitrogens with zero attached hydrogens (tertiary/aromatic N) is 1. The van der Waals surface area contributed by atoms with E-state index in [1.54, 1.807) is 29.9 Å². The van der Waals surface area contributed by atoms with E-state index in [0.29, 0.717) is 10.7 Å². The fourth-order valence-electron chi connectivity index (χ4n) is 1.76. The number of hydrogen-bond acceptors (Lipinski definition) is 4. The average Bonchev–Trinajstić information content (AvgIpc) is 2.93. The minimum atomic E-state index is -0.745. The second-order valence-electron chi connectivity index (χ2n) is 4.59. The summed E-state index contributed by atoms with van der Waals surface area (Å²) in [5.74, 6) is -2.05. The Bertz CT molecular complexity index is 771. The first-order valence-corrected chi connectivity index (χ1v) is 7.22. The largest absolute Gasteiger partial charge is 0.452 e. The molecular formula is C15H12Cl2N2O4. The van der Waals surface area contributed by atoms with Crippen molar-refractivity contribution in [2.75, 3.05) is 6.61 Å². The van der Waals surface area contributed by atoms with Gasteiger partial charge in [-0.05, 0) is 30.3 Å². The first kappa shape index (κ1) is 17.1. The molecule has 1 N–H and O–H groups in total. The van der Waals surface area contributed by atoms with Gasteiger partial charge in [0.05, 0.1) is 15.6 Å². The normalized spacial score (nSPS) is 10.2. The van der Waals surface area contributed by atoms with Crippen molar-refractivity contribution in [2.24, 2.45) is 7.05 Å². The van der Waals surface area contributed by atoms with Gasteiger partial charge in [-0.15, -0.1) is 0 Å². The zero-order chi connectivity index (χ0) is 17.0. The number of hydrogen-bond donors (Lipinski definition) is 1. The lowest BCUT2D eigenvalue weighted by molar-refractivity contribution is -0.123. The number of carbonyl (C=O) groups excluding carboxylic acids is 3. The van der Waals surface area contributed by atoms with Crippen LogP contribution in [0.25, 0.3) is 0 Å². The Kier molecular flexibility index (Phi) is 5.41. The zero-order valence-corrected chi connectivity index (χ0v) is 13.5. The third-order valence-corrected chi connectivity index (χ3v) is 3.66. The van der Waals surface area contributed by atoms with Gasteiger partial charge in [-0.2, -0.15) is 0 Å². The Morgan fingerprint density at radius 3 is 2.52 bits per heavy atom. The van der Waals surface area contributed by atoms with Gasteiger partial charge in [0.2, 0.25) is 0 Å². The fourth-order valence-corrected chi connectivity index (χ4v) is 2.06. The van der Waals surface area contributed by atoms with Crippen LogP contribution < -0.4 is 5.32 Å². The standard InChI is InChI=1S/C15H12Cl2N2O4/c1-19-6-2-3-12(19)14(21)18-13(20)8-23-15(22)9-4-5-10(16)11(17)7-9/h2-7H,8H2,1H3,(H,18,20,21). The number of rotatable bonds is 4. The first-order chi connectivity index (χ1) is 10.9. The lowest BCUT2D eigenvalue weighted by Gasteiger charge is -2.07. The number of nitrogens with one attached hydrogen (secondary N) is 1. The second-order valence-corrected chi connectivity index (χ2v) is 5.40. The van der Waals surface area contributed by atoms with Crippen molar-refractivity contribution in [3.8, 4) is 0 Å². The zero-order valence-electron chi connectivity index (χ0n) is 12.0. The highest BCUT2D eigenvalue weighted by Crippen LogP contribution is 2.22. The minimum absolute atomic E-state index is 0.154. The van der Waals surface area contributed by atoms with Gasteiger partial charge in [0.1, 0.15) is 5.69 Å². The van der Waals surface area contributed by atoms with Crippen molar-refractivity contribution in [2.45, 2.75) is 0 Å². The van der Waals surface area contributed by atoms with Gasteiger partial charge < -0.3 is 9.30 Å². The Morgan fingerprint density at radius 1 is 1.17 bits per heavy atom. The molecule has 0 aliphatic heterocycles. The van der Waals surface area contributed by atoms with Crippen LogP contribution in [0.4, 0.5) is 0 Å². The molecule has 0 aliphatic rings. The topological polar surface area (TPSA) is 77.4 Å². The molecule has 0 saturated carbocycles. The highest BCUT2D eigenvalue weighted by molar-refractivity contribution is 6.42. The third-order valence-electron chi connectivity index (χ3n) is 2.92. The van der Waals surface area contributed by atoms with Gasteiger partial charge >= 0.3 is 5.97 Å². The molecule has 1 aromatic carbocycles. The molecule has 2 rings (SSSR count). The van der Waals surface area contributed by atoms with E-state index in [2.05, 4.69) is 5.32 Å². The number of carbonyl (C=O) groups is 3. The van der Waals surface area contributed by atoms with Crippen molar-refractivity contribution >= 4 is 41.0 Å². The van der Waals surface area contributed by atoms with Crippen LogP contribution in [-0.4, -0.2) is 29.0 Å². The number of imide groups is 1. The quantitative estimate of drug-likeness (QED) is 0.855. The predicted octanol–water partition coefficient (Wildman–Crippen LogP) is 2.45. The Hall–Kier alpha value is -2.31. The summed E-state index contributed by atoms with van der Waals surface area (Å²) >= 11 is 11.5. The number of amides is 2. The molecule has 1 heterocycles. The number of esters is 1. The van der Waals surface area contributed by atoms with Gasteiger partial charge in [-0.1, -0.05) is 23.2 Å². The molecular weight excluding hydrogens is 343 g/mol. The van der Waals surface area contributed by atoms with E-state index in [4.69, 9.17) is 27.9 Å². The molecule has 6 nitrogen and oxygen atoms in total. The fraction of sp³-hybridized carbons (Fsp3) is 0.133. The number of aromatic nitrogens is 1. The Morgan fingerprint density at radius 2 is 1.91 bits per heavy atom. The molecule has 0 bridgehead atoms. The van der Waals surface area contributed by atoms with Crippen molar-refractivity contribution in [1.82, 2.24) is 9.88 Å². The molecule has 120 valence electrons. The van der Waals surface area contributed by atoms with Crippen LogP contribution in [0.2, 0.25) is 10.0 Å². The third kappa shape index (κ3) is 4.34. The van der Waals surface area contributed by atoms with Gasteiger partial charge in [0.15, 0.2) is 6.61 Å². The maximum atomic E-state index is 11.8. The molecule has 0 saturated heterocycles. The summed E-state index contributed by atoms with van der Waals surface area (Å²) in [4.78, 5) is 35.2. The molecule has 8 heteroatoms. The van der Waals surface area contributed by atoms with Gasteiger partial charge in [-0.3, -0.25) is 14.9 Å². The van der Waals surface area contributed by atoms with Crippen molar-refractivity contribution in [3.63, 3.8) is 0 Å². The summed E-state index contributed by atoms with van der Waals surface area (Å²) in [6.45, 7) is -0.588. The van der Waals surface area contributed by atoms with Crippen LogP contribution in [0.1, 0.15) is 20.8 Å². The van der Waals surface area contributed by atoms with E-state index in [-0.39, 0.29) is 10.6 Å². The second kappa shape index (κ2) is 7.30. The molecule has 0 fully saturated rings. The maximum absolute atomic E-state index is 11.8. The average molecular weight is 355 g/mol. The van der Waals surface area contributed by atoms with E-state index in [0.717, 1.165) is 0 Å². The van der Waals surface area contributed by atoms with E-state index in [9.17, 15) is 14.4 Å². The molecule has 0 aliphatic carbocycles. The van der Waals surface area contributed by atoms with Gasteiger partial charge in [0, 0.05) is 13.2 Å². The van der Waals surface area contributed by atoms with Crippen LogP contribution >= 0.6 is 23.2 Å². The summed E-state index contributed by atoms with van der Waals surface area (Å²) in [5.41, 5.74) is 0.468. The predicted molar refractivity (Wildman–Crippen MR) is 84.6 cm³/mol. The van der Waals surface area contributed by atoms with E-state index < -0.39 is 24.4 Å². The lowest BCUT2D eigenvalue weighted by Crippen LogP contribution is -2.35. The molecule has 2 amide bonds. The Balaban J connectivity index is 1.89. The lowest BCUT2D eigenvalue weighted by atomic mass is 10.2.